The molecular weight excluding hydrogens is 579 g/mol. The Balaban J connectivity index is 1.92. The first-order chi connectivity index (χ1) is 19.2. The Morgan fingerprint density at radius 2 is 1.22 bits per heavy atom. The normalized spacial score (nSPS) is 19.9. The summed E-state index contributed by atoms with van der Waals surface area (Å²) in [6.07, 6.45) is 1.32. The Morgan fingerprint density at radius 3 is 1.66 bits per heavy atom. The molecule has 0 aromatic heterocycles. The van der Waals surface area contributed by atoms with Gasteiger partial charge in [-0.2, -0.15) is 26.3 Å². The molecule has 0 radical (unpaired) electrons. The third-order valence-corrected chi connectivity index (χ3v) is 13.3. The van der Waals surface area contributed by atoms with E-state index in [-0.39, 0.29) is 11.6 Å². The van der Waals surface area contributed by atoms with Crippen molar-refractivity contribution in [1.29, 1.82) is 0 Å². The molecule has 2 fully saturated rings. The monoisotopic (exact) mass is 619 g/mol. The van der Waals surface area contributed by atoms with Gasteiger partial charge in [-0.3, -0.25) is 0 Å². The number of alkyl halides is 6. The quantitative estimate of drug-likeness (QED) is 0.243. The van der Waals surface area contributed by atoms with E-state index in [0.717, 1.165) is 68.8 Å². The van der Waals surface area contributed by atoms with Crippen LogP contribution < -0.4 is 10.0 Å². The van der Waals surface area contributed by atoms with Crippen molar-refractivity contribution in [2.24, 2.45) is 0 Å². The van der Waals surface area contributed by atoms with E-state index in [1.165, 1.54) is 12.8 Å². The van der Waals surface area contributed by atoms with Gasteiger partial charge in [0.15, 0.2) is 0 Å². The maximum atomic E-state index is 13.9. The van der Waals surface area contributed by atoms with E-state index < -0.39 is 53.2 Å². The number of rotatable bonds is 7. The van der Waals surface area contributed by atoms with Crippen molar-refractivity contribution >= 4 is 24.2 Å². The standard InChI is InChI=1S/C31H40F6NOPS/c1-29(2,3)41(39)38-28(21-18-22(30(32,33)34)20-23(19-21)31(35,36)37)26-16-10-11-17-27(26)40(24-12-6-4-7-13-24)25-14-8-5-9-15-25/h10-11,16-20,24-25,28,38H,4-9,12-15H2,1-3H3/t28-,41+/m0/s1. The topological polar surface area (TPSA) is 29.1 Å². The Bertz CT molecular complexity index is 1150. The van der Waals surface area contributed by atoms with E-state index in [0.29, 0.717) is 16.9 Å². The third kappa shape index (κ3) is 8.14. The molecule has 2 aromatic rings. The Kier molecular flexibility index (Phi) is 10.3. The van der Waals surface area contributed by atoms with E-state index in [4.69, 9.17) is 0 Å². The number of hydrogen-bond acceptors (Lipinski definition) is 1. The summed E-state index contributed by atoms with van der Waals surface area (Å²) in [7, 11) is -2.49. The molecule has 0 amide bonds. The zero-order valence-electron chi connectivity index (χ0n) is 23.9. The summed E-state index contributed by atoms with van der Waals surface area (Å²) in [6, 6.07) is 8.15. The lowest BCUT2D eigenvalue weighted by molar-refractivity contribution is -0.143. The second kappa shape index (κ2) is 13.1. The van der Waals surface area contributed by atoms with E-state index in [1.54, 1.807) is 32.9 Å². The molecule has 10 heteroatoms. The highest BCUT2D eigenvalue weighted by Gasteiger charge is 2.40. The van der Waals surface area contributed by atoms with Crippen molar-refractivity contribution in [1.82, 2.24) is 4.72 Å². The molecule has 2 nitrogen and oxygen atoms in total. The van der Waals surface area contributed by atoms with Crippen LogP contribution in [0.3, 0.4) is 0 Å². The molecule has 0 bridgehead atoms. The molecule has 4 rings (SSSR count). The molecule has 2 aliphatic rings. The number of halogens is 6. The largest absolute Gasteiger partial charge is 0.416 e. The van der Waals surface area contributed by atoms with Crippen molar-refractivity contribution in [2.45, 2.75) is 119 Å². The molecule has 0 saturated heterocycles. The summed E-state index contributed by atoms with van der Waals surface area (Å²) >= 11 is 0. The fourth-order valence-electron chi connectivity index (χ4n) is 6.12. The molecule has 0 unspecified atom stereocenters. The zero-order valence-corrected chi connectivity index (χ0v) is 25.6. The SMILES string of the molecule is CC(C)(C)[S@@](=O)N[C@@H](c1cc(C(F)(F)F)cc(C(F)(F)F)c1)c1ccccc1P(C1CCCCC1)C1CCCCC1. The molecule has 41 heavy (non-hydrogen) atoms. The average molecular weight is 620 g/mol. The van der Waals surface area contributed by atoms with Gasteiger partial charge in [0.25, 0.3) is 0 Å². The third-order valence-electron chi connectivity index (χ3n) is 8.19. The van der Waals surface area contributed by atoms with Gasteiger partial charge in [0.1, 0.15) is 0 Å². The van der Waals surface area contributed by atoms with Crippen LogP contribution in [0.4, 0.5) is 26.3 Å². The van der Waals surface area contributed by atoms with Gasteiger partial charge in [0, 0.05) is 0 Å². The lowest BCUT2D eigenvalue weighted by Crippen LogP contribution is -2.38. The number of hydrogen-bond donors (Lipinski definition) is 1. The molecule has 228 valence electrons. The van der Waals surface area contributed by atoms with Crippen LogP contribution in [0.2, 0.25) is 0 Å². The average Bonchev–Trinajstić information content (AvgIpc) is 2.91. The van der Waals surface area contributed by atoms with Crippen molar-refractivity contribution in [3.63, 3.8) is 0 Å². The predicted molar refractivity (Wildman–Crippen MR) is 156 cm³/mol. The summed E-state index contributed by atoms with van der Waals surface area (Å²) < 4.78 is 99.0. The molecular formula is C31H40F6NOPS. The molecule has 0 heterocycles. The molecule has 2 saturated carbocycles. The fraction of sp³-hybridized carbons (Fsp3) is 0.613. The van der Waals surface area contributed by atoms with E-state index in [9.17, 15) is 30.6 Å². The predicted octanol–water partition coefficient (Wildman–Crippen LogP) is 9.64. The molecule has 1 N–H and O–H groups in total. The maximum Gasteiger partial charge on any atom is 0.416 e. The molecule has 0 spiro atoms. The maximum absolute atomic E-state index is 13.9. The molecule has 0 aliphatic heterocycles. The highest BCUT2D eigenvalue weighted by molar-refractivity contribution is 7.84. The Labute approximate surface area is 243 Å². The van der Waals surface area contributed by atoms with Crippen LogP contribution >= 0.6 is 7.92 Å². The number of benzene rings is 2. The van der Waals surface area contributed by atoms with Crippen molar-refractivity contribution in [3.05, 3.63) is 64.7 Å². The Morgan fingerprint density at radius 1 is 0.756 bits per heavy atom. The molecule has 2 aromatic carbocycles. The van der Waals surface area contributed by atoms with Gasteiger partial charge in [-0.1, -0.05) is 70.7 Å². The zero-order chi connectivity index (χ0) is 30.0. The highest BCUT2D eigenvalue weighted by Crippen LogP contribution is 2.56. The summed E-state index contributed by atoms with van der Waals surface area (Å²) in [5.74, 6) is 0. The highest BCUT2D eigenvalue weighted by atomic mass is 32.2. The van der Waals surface area contributed by atoms with Gasteiger partial charge in [0.05, 0.1) is 32.9 Å². The first-order valence-electron chi connectivity index (χ1n) is 14.5. The first-order valence-corrected chi connectivity index (χ1v) is 17.1. The van der Waals surface area contributed by atoms with Crippen LogP contribution in [0.5, 0.6) is 0 Å². The minimum Gasteiger partial charge on any atom is -0.242 e. The number of nitrogens with one attached hydrogen (secondary N) is 1. The Hall–Kier alpha value is -1.44. The van der Waals surface area contributed by atoms with Crippen molar-refractivity contribution in [3.8, 4) is 0 Å². The lowest BCUT2D eigenvalue weighted by Gasteiger charge is -2.40. The van der Waals surface area contributed by atoms with Crippen molar-refractivity contribution in [2.75, 3.05) is 0 Å². The summed E-state index contributed by atoms with van der Waals surface area (Å²) in [6.45, 7) is 5.18. The van der Waals surface area contributed by atoms with Crippen LogP contribution in [0.25, 0.3) is 0 Å². The fourth-order valence-corrected chi connectivity index (χ4v) is 10.9. The molecule has 2 atom stereocenters. The van der Waals surface area contributed by atoms with E-state index >= 15 is 0 Å². The smallest absolute Gasteiger partial charge is 0.242 e. The van der Waals surface area contributed by atoms with Crippen LogP contribution in [-0.4, -0.2) is 20.3 Å². The van der Waals surface area contributed by atoms with Gasteiger partial charge >= 0.3 is 12.4 Å². The van der Waals surface area contributed by atoms with Gasteiger partial charge in [0.2, 0.25) is 0 Å². The van der Waals surface area contributed by atoms with E-state index in [2.05, 4.69) is 4.72 Å². The van der Waals surface area contributed by atoms with Crippen LogP contribution in [0.15, 0.2) is 42.5 Å². The summed E-state index contributed by atoms with van der Waals surface area (Å²) in [4.78, 5) is 0. The van der Waals surface area contributed by atoms with Gasteiger partial charge < -0.3 is 0 Å². The minimum absolute atomic E-state index is 0.157. The minimum atomic E-state index is -4.97. The van der Waals surface area contributed by atoms with Gasteiger partial charge in [-0.25, -0.2) is 8.93 Å². The molecule has 2 aliphatic carbocycles. The van der Waals surface area contributed by atoms with Gasteiger partial charge in [-0.05, 0) is 92.4 Å². The van der Waals surface area contributed by atoms with Crippen LogP contribution in [0, 0.1) is 0 Å². The lowest BCUT2D eigenvalue weighted by atomic mass is 9.95. The van der Waals surface area contributed by atoms with Gasteiger partial charge in [-0.15, -0.1) is 0 Å². The summed E-state index contributed by atoms with van der Waals surface area (Å²) in [5.41, 5.74) is -1.35. The summed E-state index contributed by atoms with van der Waals surface area (Å²) in [5, 5.41) is 1.02. The first kappa shape index (κ1) is 32.5. The second-order valence-electron chi connectivity index (χ2n) is 12.3. The van der Waals surface area contributed by atoms with Crippen molar-refractivity contribution < 1.29 is 30.6 Å². The second-order valence-corrected chi connectivity index (χ2v) is 17.1. The van der Waals surface area contributed by atoms with Crippen LogP contribution in [-0.2, 0) is 23.3 Å². The van der Waals surface area contributed by atoms with E-state index in [1.807, 2.05) is 12.1 Å². The van der Waals surface area contributed by atoms with Crippen LogP contribution in [0.1, 0.15) is 113 Å².